The molecule has 0 spiro atoms. The Balaban J connectivity index is 2.10. The number of carboxylic acids is 1. The number of fused-ring (bicyclic) bond motifs is 1. The third-order valence-corrected chi connectivity index (χ3v) is 4.43. The number of hydrogen-bond acceptors (Lipinski definition) is 1. The van der Waals surface area contributed by atoms with Crippen molar-refractivity contribution in [3.8, 4) is 0 Å². The fourth-order valence-corrected chi connectivity index (χ4v) is 3.35. The van der Waals surface area contributed by atoms with Gasteiger partial charge in [-0.25, -0.2) is 4.79 Å². The summed E-state index contributed by atoms with van der Waals surface area (Å²) < 4.78 is 2.17. The Bertz CT molecular complexity index is 950. The lowest BCUT2D eigenvalue weighted by Gasteiger charge is -2.11. The van der Waals surface area contributed by atoms with E-state index < -0.39 is 5.97 Å². The van der Waals surface area contributed by atoms with Gasteiger partial charge in [0, 0.05) is 23.6 Å². The van der Waals surface area contributed by atoms with E-state index in [9.17, 15) is 9.90 Å². The molecule has 1 aromatic heterocycles. The van der Waals surface area contributed by atoms with E-state index in [0.29, 0.717) is 18.4 Å². The summed E-state index contributed by atoms with van der Waals surface area (Å²) in [6, 6.07) is 13.7. The van der Waals surface area contributed by atoms with Gasteiger partial charge in [-0.1, -0.05) is 42.5 Å². The van der Waals surface area contributed by atoms with Gasteiger partial charge in [0.05, 0.1) is 5.56 Å². The highest BCUT2D eigenvalue weighted by atomic mass is 16.4. The van der Waals surface area contributed by atoms with Crippen LogP contribution in [-0.4, -0.2) is 15.6 Å². The molecule has 0 aliphatic rings. The van der Waals surface area contributed by atoms with E-state index >= 15 is 0 Å². The Morgan fingerprint density at radius 1 is 1.04 bits per heavy atom. The summed E-state index contributed by atoms with van der Waals surface area (Å²) >= 11 is 0. The molecule has 0 aliphatic carbocycles. The van der Waals surface area contributed by atoms with Gasteiger partial charge in [0.1, 0.15) is 0 Å². The second kappa shape index (κ2) is 7.22. The molecule has 1 heterocycles. The number of allylic oxidation sites excluding steroid dienone is 2. The summed E-state index contributed by atoms with van der Waals surface area (Å²) in [4.78, 5) is 11.6. The molecule has 0 saturated carbocycles. The van der Waals surface area contributed by atoms with Crippen molar-refractivity contribution in [2.75, 3.05) is 0 Å². The number of nitrogens with zero attached hydrogens (tertiary/aromatic N) is 1. The van der Waals surface area contributed by atoms with Crippen LogP contribution in [0.1, 0.15) is 27.0 Å². The lowest BCUT2D eigenvalue weighted by molar-refractivity contribution is 0.0695. The largest absolute Gasteiger partial charge is 0.478 e. The second-order valence-electron chi connectivity index (χ2n) is 6.03. The second-order valence-corrected chi connectivity index (χ2v) is 6.03. The molecule has 25 heavy (non-hydrogen) atoms. The highest BCUT2D eigenvalue weighted by molar-refractivity contribution is 5.90. The first-order valence-corrected chi connectivity index (χ1v) is 8.28. The summed E-state index contributed by atoms with van der Waals surface area (Å²) in [5.74, 6) is -0.896. The Kier molecular flexibility index (Phi) is 4.85. The number of aromatic nitrogens is 1. The van der Waals surface area contributed by atoms with Crippen LogP contribution in [0.3, 0.4) is 0 Å². The number of carbonyl (C=O) groups is 1. The monoisotopic (exact) mass is 331 g/mol. The van der Waals surface area contributed by atoms with E-state index in [-0.39, 0.29) is 0 Å². The molecular weight excluding hydrogens is 310 g/mol. The minimum atomic E-state index is -0.896. The summed E-state index contributed by atoms with van der Waals surface area (Å²) in [5, 5.41) is 10.7. The summed E-state index contributed by atoms with van der Waals surface area (Å²) in [6.45, 7) is 8.35. The van der Waals surface area contributed by atoms with Crippen molar-refractivity contribution >= 4 is 16.9 Å². The van der Waals surface area contributed by atoms with Crippen molar-refractivity contribution in [2.45, 2.75) is 19.4 Å². The van der Waals surface area contributed by atoms with E-state index in [1.807, 2.05) is 30.3 Å². The number of aromatic carboxylic acids is 1. The molecule has 0 fully saturated rings. The molecule has 126 valence electrons. The van der Waals surface area contributed by atoms with Crippen molar-refractivity contribution in [3.63, 3.8) is 0 Å². The molecule has 2 aromatic carbocycles. The molecule has 0 amide bonds. The first-order valence-electron chi connectivity index (χ1n) is 8.28. The van der Waals surface area contributed by atoms with Gasteiger partial charge in [-0.3, -0.25) is 0 Å². The topological polar surface area (TPSA) is 42.2 Å². The first kappa shape index (κ1) is 16.8. The van der Waals surface area contributed by atoms with Gasteiger partial charge in [-0.15, -0.1) is 13.2 Å². The van der Waals surface area contributed by atoms with E-state index in [1.54, 1.807) is 12.1 Å². The fourth-order valence-electron chi connectivity index (χ4n) is 3.35. The van der Waals surface area contributed by atoms with Gasteiger partial charge in [-0.05, 0) is 41.7 Å². The van der Waals surface area contributed by atoms with Gasteiger partial charge in [0.25, 0.3) is 0 Å². The Hall–Kier alpha value is -3.07. The minimum Gasteiger partial charge on any atom is -0.478 e. The SMILES string of the molecule is C=CCc1c(Cc2cn(CC=C)c3ccccc23)cccc1C(=O)O. The lowest BCUT2D eigenvalue weighted by atomic mass is 9.93. The van der Waals surface area contributed by atoms with E-state index in [1.165, 1.54) is 10.9 Å². The van der Waals surface area contributed by atoms with Crippen LogP contribution in [0.5, 0.6) is 0 Å². The summed E-state index contributed by atoms with van der Waals surface area (Å²) in [5.41, 5.74) is 4.57. The van der Waals surface area contributed by atoms with Gasteiger partial charge in [0.15, 0.2) is 0 Å². The average molecular weight is 331 g/mol. The zero-order valence-corrected chi connectivity index (χ0v) is 14.1. The summed E-state index contributed by atoms with van der Waals surface area (Å²) in [6.07, 6.45) is 7.01. The molecule has 3 aromatic rings. The van der Waals surface area contributed by atoms with E-state index in [0.717, 1.165) is 23.2 Å². The van der Waals surface area contributed by atoms with Crippen molar-refractivity contribution in [1.29, 1.82) is 0 Å². The van der Waals surface area contributed by atoms with Crippen LogP contribution in [0, 0.1) is 0 Å². The zero-order chi connectivity index (χ0) is 17.8. The number of para-hydroxylation sites is 1. The maximum Gasteiger partial charge on any atom is 0.335 e. The van der Waals surface area contributed by atoms with Crippen molar-refractivity contribution < 1.29 is 9.90 Å². The molecule has 0 unspecified atom stereocenters. The summed E-state index contributed by atoms with van der Waals surface area (Å²) in [7, 11) is 0. The first-order chi connectivity index (χ1) is 12.2. The molecule has 3 heteroatoms. The van der Waals surface area contributed by atoms with Crippen LogP contribution in [0.2, 0.25) is 0 Å². The van der Waals surface area contributed by atoms with Crippen molar-refractivity contribution in [2.24, 2.45) is 0 Å². The molecule has 0 aliphatic heterocycles. The third-order valence-electron chi connectivity index (χ3n) is 4.43. The van der Waals surface area contributed by atoms with Gasteiger partial charge < -0.3 is 9.67 Å². The Morgan fingerprint density at radius 3 is 2.56 bits per heavy atom. The molecule has 0 atom stereocenters. The average Bonchev–Trinajstić information content (AvgIpc) is 2.95. The number of benzene rings is 2. The highest BCUT2D eigenvalue weighted by Crippen LogP contribution is 2.26. The predicted molar refractivity (Wildman–Crippen MR) is 102 cm³/mol. The lowest BCUT2D eigenvalue weighted by Crippen LogP contribution is -2.06. The van der Waals surface area contributed by atoms with Gasteiger partial charge >= 0.3 is 5.97 Å². The number of hydrogen-bond donors (Lipinski definition) is 1. The maximum absolute atomic E-state index is 11.6. The molecule has 0 bridgehead atoms. The molecule has 0 radical (unpaired) electrons. The van der Waals surface area contributed by atoms with Crippen LogP contribution in [-0.2, 0) is 19.4 Å². The van der Waals surface area contributed by atoms with Gasteiger partial charge in [-0.2, -0.15) is 0 Å². The van der Waals surface area contributed by atoms with Crippen molar-refractivity contribution in [1.82, 2.24) is 4.57 Å². The van der Waals surface area contributed by atoms with Crippen LogP contribution in [0.25, 0.3) is 10.9 Å². The smallest absolute Gasteiger partial charge is 0.335 e. The number of carboxylic acid groups (broad SMARTS) is 1. The third kappa shape index (κ3) is 3.26. The maximum atomic E-state index is 11.6. The Morgan fingerprint density at radius 2 is 1.84 bits per heavy atom. The van der Waals surface area contributed by atoms with Crippen LogP contribution in [0.4, 0.5) is 0 Å². The standard InChI is InChI=1S/C22H21NO2/c1-3-8-18-16(9-7-11-20(18)22(24)25)14-17-15-23(13-4-2)21-12-6-5-10-19(17)21/h3-7,9-12,15H,1-2,8,13-14H2,(H,24,25). The molecule has 3 nitrogen and oxygen atoms in total. The molecule has 1 N–H and O–H groups in total. The normalized spacial score (nSPS) is 10.7. The molecule has 0 saturated heterocycles. The van der Waals surface area contributed by atoms with E-state index in [4.69, 9.17) is 0 Å². The minimum absolute atomic E-state index is 0.354. The highest BCUT2D eigenvalue weighted by Gasteiger charge is 2.15. The quantitative estimate of drug-likeness (QED) is 0.629. The van der Waals surface area contributed by atoms with Crippen LogP contribution < -0.4 is 0 Å². The molecule has 3 rings (SSSR count). The molecular formula is C22H21NO2. The van der Waals surface area contributed by atoms with Crippen molar-refractivity contribution in [3.05, 3.63) is 96.2 Å². The number of rotatable bonds is 7. The Labute approximate surface area is 147 Å². The van der Waals surface area contributed by atoms with Gasteiger partial charge in [0.2, 0.25) is 0 Å². The van der Waals surface area contributed by atoms with E-state index in [2.05, 4.69) is 36.1 Å². The zero-order valence-electron chi connectivity index (χ0n) is 14.1. The van der Waals surface area contributed by atoms with Crippen LogP contribution >= 0.6 is 0 Å². The predicted octanol–water partition coefficient (Wildman–Crippen LogP) is 4.84. The fraction of sp³-hybridized carbons (Fsp3) is 0.136. The van der Waals surface area contributed by atoms with Crippen LogP contribution in [0.15, 0.2) is 74.0 Å².